The van der Waals surface area contributed by atoms with E-state index in [2.05, 4.69) is 35.8 Å². The van der Waals surface area contributed by atoms with E-state index in [0.717, 1.165) is 37.0 Å². The highest BCUT2D eigenvalue weighted by Crippen LogP contribution is 2.25. The average molecular weight is 421 g/mol. The zero-order valence-corrected chi connectivity index (χ0v) is 17.7. The van der Waals surface area contributed by atoms with E-state index in [1.54, 1.807) is 24.3 Å². The molecule has 0 aliphatic heterocycles. The number of carbonyl (C=O) groups excluding carboxylic acids is 1. The van der Waals surface area contributed by atoms with E-state index in [1.807, 2.05) is 18.2 Å². The van der Waals surface area contributed by atoms with Crippen LogP contribution < -0.4 is 10.6 Å². The van der Waals surface area contributed by atoms with Gasteiger partial charge in [0.15, 0.2) is 0 Å². The normalized spacial score (nSPS) is 18.1. The number of nitrogens with zero attached hydrogens (tertiary/aromatic N) is 2. The van der Waals surface area contributed by atoms with Gasteiger partial charge >= 0.3 is 0 Å². The summed E-state index contributed by atoms with van der Waals surface area (Å²) in [5.74, 6) is 0.812. The summed E-state index contributed by atoms with van der Waals surface area (Å²) in [7, 11) is 0. The maximum atomic E-state index is 12.5. The van der Waals surface area contributed by atoms with Crippen LogP contribution in [0, 0.1) is 18.3 Å². The summed E-state index contributed by atoms with van der Waals surface area (Å²) in [5.41, 5.74) is 3.28. The summed E-state index contributed by atoms with van der Waals surface area (Å²) in [5, 5.41) is 16.9. The topological polar surface area (TPSA) is 77.8 Å². The van der Waals surface area contributed by atoms with Gasteiger partial charge < -0.3 is 10.6 Å². The molecule has 1 aromatic heterocycles. The van der Waals surface area contributed by atoms with Gasteiger partial charge in [-0.05, 0) is 68.5 Å². The zero-order chi connectivity index (χ0) is 20.2. The summed E-state index contributed by atoms with van der Waals surface area (Å²) in [6.45, 7) is 2.11. The zero-order valence-electron chi connectivity index (χ0n) is 16.9. The Morgan fingerprint density at radius 2 is 1.77 bits per heavy atom. The van der Waals surface area contributed by atoms with E-state index in [9.17, 15) is 4.79 Å². The van der Waals surface area contributed by atoms with Crippen LogP contribution in [0.4, 0.5) is 5.82 Å². The van der Waals surface area contributed by atoms with E-state index in [1.165, 1.54) is 10.9 Å². The molecule has 0 bridgehead atoms. The Hall–Kier alpha value is -3.10. The summed E-state index contributed by atoms with van der Waals surface area (Å²) in [6.07, 6.45) is 3.81. The van der Waals surface area contributed by atoms with Gasteiger partial charge in [0.2, 0.25) is 0 Å². The smallest absolute Gasteiger partial charge is 0.251 e. The standard InChI is InChI=1S/C24H24N4O.ClH/c1-16-13-23(28-22-8-3-2-7-21(16)22)26-19-9-11-20(12-10-19)27-24(29)18-6-4-5-17(14-18)15-25;/h2-8,13-14,19-20H,9-12H2,1H3,(H,26,28)(H,27,29);1H/t19-,20+;. The highest BCUT2D eigenvalue weighted by Gasteiger charge is 2.23. The molecule has 0 saturated heterocycles. The minimum Gasteiger partial charge on any atom is -0.367 e. The lowest BCUT2D eigenvalue weighted by Crippen LogP contribution is -2.40. The van der Waals surface area contributed by atoms with E-state index in [-0.39, 0.29) is 24.4 Å². The van der Waals surface area contributed by atoms with Gasteiger partial charge in [0.25, 0.3) is 5.91 Å². The number of nitrogens with one attached hydrogen (secondary N) is 2. The number of fused-ring (bicyclic) bond motifs is 1. The fourth-order valence-corrected chi connectivity index (χ4v) is 4.01. The number of amides is 1. The summed E-state index contributed by atoms with van der Waals surface area (Å²) in [6, 6.07) is 19.7. The van der Waals surface area contributed by atoms with Crippen molar-refractivity contribution < 1.29 is 4.79 Å². The minimum absolute atomic E-state index is 0. The quantitative estimate of drug-likeness (QED) is 0.623. The highest BCUT2D eigenvalue weighted by molar-refractivity contribution is 5.94. The molecule has 1 fully saturated rings. The number of carbonyl (C=O) groups is 1. The van der Waals surface area contributed by atoms with Crippen LogP contribution >= 0.6 is 12.4 Å². The van der Waals surface area contributed by atoms with Gasteiger partial charge in [0, 0.05) is 23.0 Å². The molecule has 0 spiro atoms. The highest BCUT2D eigenvalue weighted by atomic mass is 35.5. The number of hydrogen-bond acceptors (Lipinski definition) is 4. The van der Waals surface area contributed by atoms with Crippen LogP contribution in [0.5, 0.6) is 0 Å². The van der Waals surface area contributed by atoms with Crippen molar-refractivity contribution in [1.29, 1.82) is 5.26 Å². The van der Waals surface area contributed by atoms with Crippen LogP contribution in [0.15, 0.2) is 54.6 Å². The third-order valence-corrected chi connectivity index (χ3v) is 5.59. The minimum atomic E-state index is -0.106. The first-order chi connectivity index (χ1) is 14.1. The van der Waals surface area contributed by atoms with Gasteiger partial charge in [-0.1, -0.05) is 24.3 Å². The molecule has 1 aliphatic carbocycles. The lowest BCUT2D eigenvalue weighted by Gasteiger charge is -2.30. The number of benzene rings is 2. The van der Waals surface area contributed by atoms with Crippen LogP contribution in [0.25, 0.3) is 10.9 Å². The molecule has 0 radical (unpaired) electrons. The molecule has 0 atom stereocenters. The first-order valence-corrected chi connectivity index (χ1v) is 10.1. The summed E-state index contributed by atoms with van der Waals surface area (Å²) >= 11 is 0. The Labute approximate surface area is 182 Å². The van der Waals surface area contributed by atoms with Gasteiger partial charge in [-0.15, -0.1) is 12.4 Å². The molecule has 30 heavy (non-hydrogen) atoms. The van der Waals surface area contributed by atoms with Crippen molar-refractivity contribution in [2.75, 3.05) is 5.32 Å². The van der Waals surface area contributed by atoms with Gasteiger partial charge in [-0.3, -0.25) is 4.79 Å². The molecule has 3 aromatic rings. The lowest BCUT2D eigenvalue weighted by molar-refractivity contribution is 0.0926. The first-order valence-electron chi connectivity index (χ1n) is 10.1. The number of halogens is 1. The van der Waals surface area contributed by atoms with Crippen LogP contribution in [0.3, 0.4) is 0 Å². The Kier molecular flexibility index (Phi) is 6.91. The number of para-hydroxylation sites is 1. The molecule has 154 valence electrons. The number of nitriles is 1. The predicted octanol–water partition coefficient (Wildman–Crippen LogP) is 4.99. The van der Waals surface area contributed by atoms with Crippen molar-refractivity contribution in [3.8, 4) is 6.07 Å². The molecule has 5 nitrogen and oxygen atoms in total. The maximum absolute atomic E-state index is 12.5. The maximum Gasteiger partial charge on any atom is 0.251 e. The van der Waals surface area contributed by atoms with Crippen molar-refractivity contribution in [1.82, 2.24) is 10.3 Å². The molecule has 2 N–H and O–H groups in total. The molecule has 0 unspecified atom stereocenters. The second-order valence-electron chi connectivity index (χ2n) is 7.70. The second kappa shape index (κ2) is 9.60. The third kappa shape index (κ3) is 4.90. The molecule has 4 rings (SSSR count). The SMILES string of the molecule is Cc1cc(N[C@H]2CC[C@@H](NC(=O)c3cccc(C#N)c3)CC2)nc2ccccc12.Cl. The largest absolute Gasteiger partial charge is 0.367 e. The van der Waals surface area contributed by atoms with E-state index >= 15 is 0 Å². The fraction of sp³-hybridized carbons (Fsp3) is 0.292. The Balaban J connectivity index is 0.00000256. The third-order valence-electron chi connectivity index (χ3n) is 5.59. The van der Waals surface area contributed by atoms with E-state index in [0.29, 0.717) is 17.2 Å². The molecule has 1 amide bonds. The predicted molar refractivity (Wildman–Crippen MR) is 122 cm³/mol. The van der Waals surface area contributed by atoms with Crippen molar-refractivity contribution >= 4 is 35.0 Å². The second-order valence-corrected chi connectivity index (χ2v) is 7.70. The average Bonchev–Trinajstić information content (AvgIpc) is 2.75. The van der Waals surface area contributed by atoms with Crippen LogP contribution in [0.1, 0.15) is 47.2 Å². The number of hydrogen-bond donors (Lipinski definition) is 2. The van der Waals surface area contributed by atoms with Crippen LogP contribution in [-0.4, -0.2) is 23.0 Å². The van der Waals surface area contributed by atoms with Crippen molar-refractivity contribution in [3.05, 3.63) is 71.3 Å². The Morgan fingerprint density at radius 3 is 2.53 bits per heavy atom. The molecule has 2 aromatic carbocycles. The fourth-order valence-electron chi connectivity index (χ4n) is 4.01. The molecular weight excluding hydrogens is 396 g/mol. The van der Waals surface area contributed by atoms with E-state index in [4.69, 9.17) is 10.2 Å². The monoisotopic (exact) mass is 420 g/mol. The van der Waals surface area contributed by atoms with Gasteiger partial charge in [0.1, 0.15) is 5.82 Å². The molecule has 1 saturated carbocycles. The summed E-state index contributed by atoms with van der Waals surface area (Å²) in [4.78, 5) is 17.2. The van der Waals surface area contributed by atoms with E-state index < -0.39 is 0 Å². The molecular formula is C24H25ClN4O. The number of aromatic nitrogens is 1. The molecule has 1 aliphatic rings. The molecule has 1 heterocycles. The summed E-state index contributed by atoms with van der Waals surface area (Å²) < 4.78 is 0. The van der Waals surface area contributed by atoms with Crippen LogP contribution in [-0.2, 0) is 0 Å². The van der Waals surface area contributed by atoms with Gasteiger partial charge in [0.05, 0.1) is 17.1 Å². The Bertz CT molecular complexity index is 1080. The van der Waals surface area contributed by atoms with Crippen molar-refractivity contribution in [2.24, 2.45) is 0 Å². The van der Waals surface area contributed by atoms with Crippen molar-refractivity contribution in [2.45, 2.75) is 44.7 Å². The number of aryl methyl sites for hydroxylation is 1. The first kappa shape index (κ1) is 21.6. The number of rotatable bonds is 4. The lowest BCUT2D eigenvalue weighted by atomic mass is 9.91. The van der Waals surface area contributed by atoms with Gasteiger partial charge in [-0.25, -0.2) is 4.98 Å². The van der Waals surface area contributed by atoms with Crippen LogP contribution in [0.2, 0.25) is 0 Å². The molecule has 6 heteroatoms. The number of pyridine rings is 1. The Morgan fingerprint density at radius 1 is 1.03 bits per heavy atom. The van der Waals surface area contributed by atoms with Crippen molar-refractivity contribution in [3.63, 3.8) is 0 Å². The number of anilines is 1. The van der Waals surface area contributed by atoms with Gasteiger partial charge in [-0.2, -0.15) is 5.26 Å².